The third-order valence-corrected chi connectivity index (χ3v) is 4.93. The van der Waals surface area contributed by atoms with Crippen LogP contribution in [0, 0.1) is 12.3 Å². The Balaban J connectivity index is 1.89. The van der Waals surface area contributed by atoms with Crippen LogP contribution in [0.1, 0.15) is 12.8 Å². The van der Waals surface area contributed by atoms with E-state index in [4.69, 9.17) is 21.4 Å². The molecular formula is C19H20N6O3S. The Morgan fingerprint density at radius 2 is 2.28 bits per heavy atom. The number of nitrogens with zero attached hydrogens (tertiary/aromatic N) is 4. The lowest BCUT2D eigenvalue weighted by molar-refractivity contribution is -0.131. The van der Waals surface area contributed by atoms with Crippen molar-refractivity contribution in [2.75, 3.05) is 19.0 Å². The van der Waals surface area contributed by atoms with E-state index in [1.165, 1.54) is 23.6 Å². The molecule has 1 amide bonds. The van der Waals surface area contributed by atoms with Crippen molar-refractivity contribution in [1.29, 1.82) is 0 Å². The van der Waals surface area contributed by atoms with Gasteiger partial charge < -0.3 is 14.6 Å². The summed E-state index contributed by atoms with van der Waals surface area (Å²) < 4.78 is 7.40. The van der Waals surface area contributed by atoms with Crippen LogP contribution < -0.4 is 15.5 Å². The maximum Gasteiger partial charge on any atom is 0.281 e. The summed E-state index contributed by atoms with van der Waals surface area (Å²) in [6.45, 7) is 0.395. The maximum atomic E-state index is 11.2. The van der Waals surface area contributed by atoms with E-state index >= 15 is 0 Å². The van der Waals surface area contributed by atoms with Crippen LogP contribution in [0.2, 0.25) is 0 Å². The van der Waals surface area contributed by atoms with Crippen LogP contribution in [-0.2, 0) is 11.3 Å². The first-order valence-electron chi connectivity index (χ1n) is 8.82. The molecule has 0 fully saturated rings. The number of fused-ring (bicyclic) bond motifs is 1. The second-order valence-electron chi connectivity index (χ2n) is 5.90. The number of unbranched alkanes of at least 4 members (excludes halogenated alkanes) is 1. The summed E-state index contributed by atoms with van der Waals surface area (Å²) in [5.41, 5.74) is 2.95. The highest BCUT2D eigenvalue weighted by atomic mass is 32.2. The monoisotopic (exact) mass is 412 g/mol. The van der Waals surface area contributed by atoms with Gasteiger partial charge >= 0.3 is 0 Å². The number of aryl methyl sites for hydroxylation is 1. The van der Waals surface area contributed by atoms with E-state index in [0.717, 1.165) is 22.1 Å². The quantitative estimate of drug-likeness (QED) is 0.212. The predicted molar refractivity (Wildman–Crippen MR) is 109 cm³/mol. The number of carbonyl (C=O) groups excluding carboxylic acids is 1. The number of hydrogen-bond donors (Lipinski definition) is 3. The van der Waals surface area contributed by atoms with Gasteiger partial charge in [0, 0.05) is 24.9 Å². The first-order valence-corrected chi connectivity index (χ1v) is 9.64. The summed E-state index contributed by atoms with van der Waals surface area (Å²) in [6.07, 6.45) is 8.35. The zero-order chi connectivity index (χ0) is 20.6. The Morgan fingerprint density at radius 1 is 1.41 bits per heavy atom. The van der Waals surface area contributed by atoms with E-state index in [-0.39, 0.29) is 6.61 Å². The minimum atomic E-state index is -0.628. The van der Waals surface area contributed by atoms with E-state index in [0.29, 0.717) is 30.0 Å². The van der Waals surface area contributed by atoms with Gasteiger partial charge in [-0.15, -0.1) is 12.3 Å². The van der Waals surface area contributed by atoms with Crippen molar-refractivity contribution in [3.05, 3.63) is 30.6 Å². The summed E-state index contributed by atoms with van der Waals surface area (Å²) >= 11 is 1.45. The summed E-state index contributed by atoms with van der Waals surface area (Å²) in [4.78, 5) is 25.4. The molecule has 10 heteroatoms. The number of hydroxylamine groups is 1. The smallest absolute Gasteiger partial charge is 0.281 e. The van der Waals surface area contributed by atoms with Crippen molar-refractivity contribution in [2.24, 2.45) is 0 Å². The second kappa shape index (κ2) is 9.77. The number of rotatable bonds is 9. The first-order chi connectivity index (χ1) is 14.2. The van der Waals surface area contributed by atoms with Gasteiger partial charge in [-0.2, -0.15) is 0 Å². The zero-order valence-electron chi connectivity index (χ0n) is 15.8. The van der Waals surface area contributed by atoms with Crippen LogP contribution in [0.25, 0.3) is 11.2 Å². The van der Waals surface area contributed by atoms with Crippen molar-refractivity contribution < 1.29 is 14.7 Å². The molecule has 29 heavy (non-hydrogen) atoms. The molecule has 2 heterocycles. The van der Waals surface area contributed by atoms with Crippen LogP contribution in [0.5, 0.6) is 5.75 Å². The van der Waals surface area contributed by atoms with E-state index in [2.05, 4.69) is 21.2 Å². The minimum absolute atomic E-state index is 0.281. The van der Waals surface area contributed by atoms with Crippen LogP contribution in [0.15, 0.2) is 40.6 Å². The predicted octanol–water partition coefficient (Wildman–Crippen LogP) is 2.32. The average Bonchev–Trinajstić information content (AvgIpc) is 3.09. The Bertz CT molecular complexity index is 1050. The summed E-state index contributed by atoms with van der Waals surface area (Å²) in [5.74, 6) is 3.18. The van der Waals surface area contributed by atoms with Crippen molar-refractivity contribution in [1.82, 2.24) is 25.0 Å². The molecule has 0 aliphatic carbocycles. The number of anilines is 1. The molecule has 0 aliphatic heterocycles. The largest absolute Gasteiger partial charge is 0.484 e. The van der Waals surface area contributed by atoms with E-state index in [9.17, 15) is 4.79 Å². The van der Waals surface area contributed by atoms with Gasteiger partial charge in [0.25, 0.3) is 5.91 Å². The fourth-order valence-electron chi connectivity index (χ4n) is 2.63. The molecule has 1 aromatic carbocycles. The first kappa shape index (κ1) is 20.4. The van der Waals surface area contributed by atoms with E-state index in [1.54, 1.807) is 19.2 Å². The molecule has 3 rings (SSSR count). The van der Waals surface area contributed by atoms with Crippen LogP contribution in [0.3, 0.4) is 0 Å². The van der Waals surface area contributed by atoms with Gasteiger partial charge in [0.1, 0.15) is 12.1 Å². The van der Waals surface area contributed by atoms with Crippen molar-refractivity contribution in [2.45, 2.75) is 29.4 Å². The van der Waals surface area contributed by atoms with Crippen molar-refractivity contribution in [3.8, 4) is 18.1 Å². The number of ether oxygens (including phenoxy) is 1. The van der Waals surface area contributed by atoms with Gasteiger partial charge in [-0.1, -0.05) is 17.8 Å². The van der Waals surface area contributed by atoms with Gasteiger partial charge in [-0.25, -0.2) is 20.4 Å². The minimum Gasteiger partial charge on any atom is -0.484 e. The van der Waals surface area contributed by atoms with Crippen LogP contribution in [-0.4, -0.2) is 44.3 Å². The molecule has 3 N–H and O–H groups in total. The molecule has 0 spiro atoms. The molecule has 0 unspecified atom stereocenters. The maximum absolute atomic E-state index is 11.2. The molecule has 0 aliphatic rings. The lowest BCUT2D eigenvalue weighted by Gasteiger charge is -2.09. The highest BCUT2D eigenvalue weighted by molar-refractivity contribution is 7.99. The van der Waals surface area contributed by atoms with E-state index < -0.39 is 5.91 Å². The number of carbonyl (C=O) groups is 1. The molecule has 0 atom stereocenters. The highest BCUT2D eigenvalue weighted by Crippen LogP contribution is 2.33. The highest BCUT2D eigenvalue weighted by Gasteiger charge is 2.16. The van der Waals surface area contributed by atoms with Crippen molar-refractivity contribution in [3.63, 3.8) is 0 Å². The average molecular weight is 412 g/mol. The number of aromatic nitrogens is 4. The topological polar surface area (TPSA) is 114 Å². The molecule has 2 aromatic heterocycles. The standard InChI is InChI=1S/C19H20N6O3S/c1-3-4-5-9-25-18-16(17(20-2)21-12-22-18)23-19(25)29-14-8-6-7-13(10-14)28-11-15(26)24-27/h1,6-8,10,12,27H,4-5,9,11H2,2H3,(H,24,26)(H,20,21,22). The third-order valence-electron chi connectivity index (χ3n) is 3.95. The van der Waals surface area contributed by atoms with Gasteiger partial charge in [-0.3, -0.25) is 10.0 Å². The molecule has 0 saturated heterocycles. The molecular weight excluding hydrogens is 392 g/mol. The summed E-state index contributed by atoms with van der Waals surface area (Å²) in [6, 6.07) is 7.26. The number of hydrogen-bond acceptors (Lipinski definition) is 8. The number of amides is 1. The number of imidazole rings is 1. The van der Waals surface area contributed by atoms with Crippen molar-refractivity contribution >= 4 is 34.7 Å². The Kier molecular flexibility index (Phi) is 6.89. The summed E-state index contributed by atoms with van der Waals surface area (Å²) in [7, 11) is 1.79. The van der Waals surface area contributed by atoms with Gasteiger partial charge in [0.05, 0.1) is 0 Å². The number of benzene rings is 1. The molecule has 0 bridgehead atoms. The van der Waals surface area contributed by atoms with Gasteiger partial charge in [0.2, 0.25) is 0 Å². The van der Waals surface area contributed by atoms with Crippen LogP contribution in [0.4, 0.5) is 5.82 Å². The molecule has 150 valence electrons. The molecule has 0 saturated carbocycles. The molecule has 0 radical (unpaired) electrons. The Labute approximate surface area is 171 Å². The Morgan fingerprint density at radius 3 is 3.03 bits per heavy atom. The lowest BCUT2D eigenvalue weighted by Crippen LogP contribution is -2.25. The fraction of sp³-hybridized carbons (Fsp3) is 0.263. The zero-order valence-corrected chi connectivity index (χ0v) is 16.6. The van der Waals surface area contributed by atoms with Crippen LogP contribution >= 0.6 is 11.8 Å². The fourth-order valence-corrected chi connectivity index (χ4v) is 3.59. The number of terminal acetylenes is 1. The van der Waals surface area contributed by atoms with Gasteiger partial charge in [0.15, 0.2) is 28.7 Å². The normalized spacial score (nSPS) is 10.5. The van der Waals surface area contributed by atoms with Gasteiger partial charge in [-0.05, 0) is 24.6 Å². The molecule has 3 aromatic rings. The van der Waals surface area contributed by atoms with E-state index in [1.807, 2.05) is 16.7 Å². The SMILES string of the molecule is C#CCCCn1c(Sc2cccc(OCC(=O)NO)c2)nc2c(NC)ncnc21. The second-order valence-corrected chi connectivity index (χ2v) is 6.94. The lowest BCUT2D eigenvalue weighted by atomic mass is 10.3. The number of nitrogens with one attached hydrogen (secondary N) is 2. The molecule has 9 nitrogen and oxygen atoms in total. The summed E-state index contributed by atoms with van der Waals surface area (Å²) in [5, 5.41) is 12.4. The third kappa shape index (κ3) is 4.96. The Hall–Kier alpha value is -3.29.